The van der Waals surface area contributed by atoms with E-state index in [-0.39, 0.29) is 16.5 Å². The molecule has 2 aromatic rings. The molecule has 0 spiro atoms. The molecule has 0 aliphatic rings. The monoisotopic (exact) mass is 325 g/mol. The average Bonchev–Trinajstić information content (AvgIpc) is 2.91. The third-order valence-corrected chi connectivity index (χ3v) is 4.31. The number of benzene rings is 1. The molecule has 8 heteroatoms. The molecule has 21 heavy (non-hydrogen) atoms. The Morgan fingerprint density at radius 1 is 1.43 bits per heavy atom. The Labute approximate surface area is 127 Å². The first-order valence-corrected chi connectivity index (χ1v) is 7.80. The van der Waals surface area contributed by atoms with E-state index in [1.807, 2.05) is 0 Å². The summed E-state index contributed by atoms with van der Waals surface area (Å²) in [6.45, 7) is -0.0260. The fourth-order valence-corrected chi connectivity index (χ4v) is 3.11. The molecule has 2 rings (SSSR count). The van der Waals surface area contributed by atoms with Gasteiger partial charge in [0.05, 0.1) is 23.5 Å². The highest BCUT2D eigenvalue weighted by Crippen LogP contribution is 2.24. The zero-order valence-electron chi connectivity index (χ0n) is 10.8. The quantitative estimate of drug-likeness (QED) is 0.744. The van der Waals surface area contributed by atoms with Gasteiger partial charge >= 0.3 is 0 Å². The topological polar surface area (TPSA) is 95.1 Å². The molecular weight excluding hydrogens is 314 g/mol. The van der Waals surface area contributed by atoms with Gasteiger partial charge in [-0.2, -0.15) is 5.10 Å². The zero-order valence-corrected chi connectivity index (χ0v) is 12.4. The third kappa shape index (κ3) is 3.98. The maximum absolute atomic E-state index is 12.2. The Hall–Kier alpha value is -2.01. The largest absolute Gasteiger partial charge is 0.395 e. The van der Waals surface area contributed by atoms with Crippen LogP contribution in [0.25, 0.3) is 0 Å². The van der Waals surface area contributed by atoms with Gasteiger partial charge in [-0.1, -0.05) is 23.4 Å². The molecule has 0 atom stereocenters. The molecule has 110 valence electrons. The number of nitrogens with zero attached hydrogens (tertiary/aromatic N) is 1. The number of hydrogen-bond acceptors (Lipinski definition) is 4. The summed E-state index contributed by atoms with van der Waals surface area (Å²) in [5, 5.41) is 14.9. The van der Waals surface area contributed by atoms with Crippen LogP contribution in [0.2, 0.25) is 5.02 Å². The van der Waals surface area contributed by atoms with Crippen LogP contribution in [0.5, 0.6) is 0 Å². The van der Waals surface area contributed by atoms with Crippen molar-refractivity contribution in [2.45, 2.75) is 11.3 Å². The van der Waals surface area contributed by atoms with Gasteiger partial charge in [0.25, 0.3) is 10.0 Å². The van der Waals surface area contributed by atoms with E-state index >= 15 is 0 Å². The molecule has 0 radical (unpaired) electrons. The number of rotatable bonds is 4. The van der Waals surface area contributed by atoms with Gasteiger partial charge in [0.15, 0.2) is 0 Å². The van der Waals surface area contributed by atoms with Crippen molar-refractivity contribution in [2.24, 2.45) is 0 Å². The summed E-state index contributed by atoms with van der Waals surface area (Å²) in [5.41, 5.74) is 0.897. The first-order chi connectivity index (χ1) is 10.0. The summed E-state index contributed by atoms with van der Waals surface area (Å²) >= 11 is 6.01. The lowest BCUT2D eigenvalue weighted by atomic mass is 10.2. The van der Waals surface area contributed by atoms with E-state index in [1.54, 1.807) is 6.07 Å². The van der Waals surface area contributed by atoms with Crippen LogP contribution in [0.15, 0.2) is 35.5 Å². The van der Waals surface area contributed by atoms with E-state index < -0.39 is 10.0 Å². The predicted octanol–water partition coefficient (Wildman–Crippen LogP) is 1.60. The van der Waals surface area contributed by atoms with E-state index in [9.17, 15) is 8.42 Å². The summed E-state index contributed by atoms with van der Waals surface area (Å²) < 4.78 is 26.7. The minimum Gasteiger partial charge on any atom is -0.395 e. The van der Waals surface area contributed by atoms with Crippen molar-refractivity contribution in [1.29, 1.82) is 0 Å². The fraction of sp³-hybridized carbons (Fsp3) is 0.154. The number of aromatic nitrogens is 2. The second-order valence-electron chi connectivity index (χ2n) is 4.01. The first kappa shape index (κ1) is 15.4. The summed E-state index contributed by atoms with van der Waals surface area (Å²) in [5.74, 6) is 5.52. The van der Waals surface area contributed by atoms with Crippen LogP contribution in [-0.4, -0.2) is 30.3 Å². The van der Waals surface area contributed by atoms with E-state index in [1.165, 1.54) is 24.5 Å². The maximum atomic E-state index is 12.2. The predicted molar refractivity (Wildman–Crippen MR) is 79.4 cm³/mol. The van der Waals surface area contributed by atoms with Gasteiger partial charge in [-0.25, -0.2) is 8.42 Å². The lowest BCUT2D eigenvalue weighted by Crippen LogP contribution is -2.13. The molecule has 0 aliphatic carbocycles. The molecule has 3 N–H and O–H groups in total. The lowest BCUT2D eigenvalue weighted by Gasteiger charge is -2.07. The number of H-pyrrole nitrogens is 1. The number of aromatic amines is 1. The molecule has 1 aromatic heterocycles. The van der Waals surface area contributed by atoms with Crippen LogP contribution in [0.3, 0.4) is 0 Å². The number of aliphatic hydroxyl groups excluding tert-OH is 1. The van der Waals surface area contributed by atoms with Crippen molar-refractivity contribution in [3.05, 3.63) is 41.2 Å². The first-order valence-electron chi connectivity index (χ1n) is 5.94. The van der Waals surface area contributed by atoms with Crippen molar-refractivity contribution < 1.29 is 13.5 Å². The Kier molecular flexibility index (Phi) is 4.85. The van der Waals surface area contributed by atoms with Gasteiger partial charge in [0.1, 0.15) is 4.90 Å². The van der Waals surface area contributed by atoms with E-state index in [0.717, 1.165) is 0 Å². The minimum atomic E-state index is -3.79. The number of hydrogen-bond donors (Lipinski definition) is 3. The van der Waals surface area contributed by atoms with Gasteiger partial charge in [-0.3, -0.25) is 9.82 Å². The number of aliphatic hydroxyl groups is 1. The summed E-state index contributed by atoms with van der Waals surface area (Å²) in [6.07, 6.45) is 3.11. The Morgan fingerprint density at radius 3 is 2.86 bits per heavy atom. The molecule has 0 fully saturated rings. The van der Waals surface area contributed by atoms with Gasteiger partial charge in [0, 0.05) is 18.2 Å². The maximum Gasteiger partial charge on any atom is 0.263 e. The number of nitrogens with one attached hydrogen (secondary N) is 2. The van der Waals surface area contributed by atoms with Crippen LogP contribution in [-0.2, 0) is 10.0 Å². The number of anilines is 1. The molecular formula is C13H12ClN3O3S. The van der Waals surface area contributed by atoms with Crippen LogP contribution in [0, 0.1) is 11.8 Å². The van der Waals surface area contributed by atoms with Crippen LogP contribution >= 0.6 is 11.6 Å². The molecule has 0 aliphatic heterocycles. The molecule has 1 heterocycles. The molecule has 1 aromatic carbocycles. The highest BCUT2D eigenvalue weighted by atomic mass is 35.5. The average molecular weight is 326 g/mol. The van der Waals surface area contributed by atoms with Crippen molar-refractivity contribution in [3.8, 4) is 11.8 Å². The Balaban J connectivity index is 2.26. The highest BCUT2D eigenvalue weighted by Gasteiger charge is 2.18. The molecule has 6 nitrogen and oxygen atoms in total. The molecule has 0 saturated carbocycles. The smallest absolute Gasteiger partial charge is 0.263 e. The summed E-state index contributed by atoms with van der Waals surface area (Å²) in [6, 6.07) is 4.41. The fourth-order valence-electron chi connectivity index (χ4n) is 1.53. The van der Waals surface area contributed by atoms with Crippen molar-refractivity contribution in [2.75, 3.05) is 11.3 Å². The number of sulfonamides is 1. The second kappa shape index (κ2) is 6.63. The van der Waals surface area contributed by atoms with Crippen LogP contribution in [0.4, 0.5) is 5.69 Å². The van der Waals surface area contributed by atoms with E-state index in [4.69, 9.17) is 16.7 Å². The normalized spacial score (nSPS) is 10.8. The van der Waals surface area contributed by atoms with Crippen molar-refractivity contribution >= 4 is 27.3 Å². The Morgan fingerprint density at radius 2 is 2.24 bits per heavy atom. The number of halogens is 1. The van der Waals surface area contributed by atoms with Crippen molar-refractivity contribution in [3.63, 3.8) is 0 Å². The van der Waals surface area contributed by atoms with Gasteiger partial charge < -0.3 is 5.11 Å². The third-order valence-electron chi connectivity index (χ3n) is 2.44. The molecule has 0 saturated heterocycles. The van der Waals surface area contributed by atoms with Crippen molar-refractivity contribution in [1.82, 2.24) is 10.2 Å². The zero-order chi connectivity index (χ0) is 15.3. The standard InChI is InChI=1S/C13H12ClN3O3S/c14-12-7-10(3-1-2-6-18)4-5-13(12)21(19,20)17-11-8-15-16-9-11/h4-5,7-9,17-18H,2,6H2,(H,15,16). The van der Waals surface area contributed by atoms with Crippen LogP contribution < -0.4 is 4.72 Å². The van der Waals surface area contributed by atoms with E-state index in [2.05, 4.69) is 26.8 Å². The molecule has 0 bridgehead atoms. The summed E-state index contributed by atoms with van der Waals surface area (Å²) in [4.78, 5) is -0.0434. The lowest BCUT2D eigenvalue weighted by molar-refractivity contribution is 0.305. The van der Waals surface area contributed by atoms with Gasteiger partial charge in [0.2, 0.25) is 0 Å². The van der Waals surface area contributed by atoms with Gasteiger partial charge in [-0.05, 0) is 18.2 Å². The highest BCUT2D eigenvalue weighted by molar-refractivity contribution is 7.92. The Bertz CT molecular complexity index is 777. The SMILES string of the molecule is O=S(=O)(Nc1cn[nH]c1)c1ccc(C#CCCO)cc1Cl. The van der Waals surface area contributed by atoms with Gasteiger partial charge in [-0.15, -0.1) is 0 Å². The summed E-state index contributed by atoms with van der Waals surface area (Å²) in [7, 11) is -3.79. The minimum absolute atomic E-state index is 0.0260. The van der Waals surface area contributed by atoms with E-state index in [0.29, 0.717) is 17.7 Å². The molecule has 0 amide bonds. The molecule has 0 unspecified atom stereocenters. The second-order valence-corrected chi connectivity index (χ2v) is 6.07. The van der Waals surface area contributed by atoms with Crippen LogP contribution in [0.1, 0.15) is 12.0 Å².